The number of hydrogen-bond acceptors (Lipinski definition) is 3. The summed E-state index contributed by atoms with van der Waals surface area (Å²) in [4.78, 5) is 23.9. The van der Waals surface area contributed by atoms with Crippen molar-refractivity contribution in [3.05, 3.63) is 102 Å². The van der Waals surface area contributed by atoms with E-state index in [1.165, 1.54) is 6.08 Å². The predicted molar refractivity (Wildman–Crippen MR) is 103 cm³/mol. The van der Waals surface area contributed by atoms with Gasteiger partial charge in [0, 0.05) is 11.6 Å². The summed E-state index contributed by atoms with van der Waals surface area (Å²) < 4.78 is 5.02. The fourth-order valence-electron chi connectivity index (χ4n) is 2.48. The van der Waals surface area contributed by atoms with Crippen molar-refractivity contribution in [2.75, 3.05) is 6.61 Å². The summed E-state index contributed by atoms with van der Waals surface area (Å²) >= 11 is 0. The Balaban J connectivity index is 1.55. The van der Waals surface area contributed by atoms with Gasteiger partial charge in [0.1, 0.15) is 0 Å². The minimum atomic E-state index is -0.539. The van der Waals surface area contributed by atoms with E-state index in [1.807, 2.05) is 72.8 Å². The zero-order valence-corrected chi connectivity index (χ0v) is 14.2. The molecule has 0 aliphatic rings. The van der Waals surface area contributed by atoms with Crippen LogP contribution >= 0.6 is 0 Å². The summed E-state index contributed by atoms with van der Waals surface area (Å²) in [7, 11) is 0. The zero-order chi connectivity index (χ0) is 18.2. The normalized spacial score (nSPS) is 10.6. The molecular weight excluding hydrogens is 324 g/mol. The van der Waals surface area contributed by atoms with Crippen molar-refractivity contribution in [2.24, 2.45) is 0 Å². The topological polar surface area (TPSA) is 43.4 Å². The highest BCUT2D eigenvalue weighted by Gasteiger charge is 2.09. The molecule has 0 unspecified atom stereocenters. The maximum absolute atomic E-state index is 12.2. The summed E-state index contributed by atoms with van der Waals surface area (Å²) in [6.07, 6.45) is 2.97. The molecule has 3 heteroatoms. The van der Waals surface area contributed by atoms with Crippen molar-refractivity contribution < 1.29 is 14.3 Å². The molecular formula is C23H18O3. The average molecular weight is 342 g/mol. The van der Waals surface area contributed by atoms with E-state index in [0.29, 0.717) is 5.56 Å². The molecule has 0 fully saturated rings. The molecule has 0 bridgehead atoms. The van der Waals surface area contributed by atoms with Crippen molar-refractivity contribution >= 4 is 17.8 Å². The van der Waals surface area contributed by atoms with Gasteiger partial charge in [-0.2, -0.15) is 0 Å². The lowest BCUT2D eigenvalue weighted by Gasteiger charge is -2.04. The largest absolute Gasteiger partial charge is 0.454 e. The lowest BCUT2D eigenvalue weighted by Crippen LogP contribution is -2.12. The van der Waals surface area contributed by atoms with Crippen LogP contribution in [0.3, 0.4) is 0 Å². The maximum atomic E-state index is 12.2. The number of esters is 1. The average Bonchev–Trinajstić information content (AvgIpc) is 2.72. The molecule has 0 saturated carbocycles. The van der Waals surface area contributed by atoms with Gasteiger partial charge in [-0.1, -0.05) is 84.9 Å². The van der Waals surface area contributed by atoms with Crippen LogP contribution in [-0.4, -0.2) is 18.4 Å². The first-order chi connectivity index (χ1) is 12.7. The molecule has 0 heterocycles. The molecule has 0 amide bonds. The minimum Gasteiger partial charge on any atom is -0.454 e. The van der Waals surface area contributed by atoms with Gasteiger partial charge in [-0.25, -0.2) is 4.79 Å². The Morgan fingerprint density at radius 1 is 0.731 bits per heavy atom. The van der Waals surface area contributed by atoms with Crippen LogP contribution in [-0.2, 0) is 9.53 Å². The lowest BCUT2D eigenvalue weighted by molar-refractivity contribution is -0.136. The van der Waals surface area contributed by atoms with E-state index in [1.54, 1.807) is 18.2 Å². The Morgan fingerprint density at radius 2 is 1.31 bits per heavy atom. The summed E-state index contributed by atoms with van der Waals surface area (Å²) in [6, 6.07) is 26.6. The second-order valence-corrected chi connectivity index (χ2v) is 5.72. The molecule has 3 nitrogen and oxygen atoms in total. The van der Waals surface area contributed by atoms with Gasteiger partial charge in [-0.15, -0.1) is 0 Å². The smallest absolute Gasteiger partial charge is 0.331 e. The van der Waals surface area contributed by atoms with Gasteiger partial charge in [0.25, 0.3) is 0 Å². The van der Waals surface area contributed by atoms with Crippen LogP contribution in [0.5, 0.6) is 0 Å². The number of ether oxygens (including phenoxy) is 1. The second kappa shape index (κ2) is 8.58. The molecule has 3 rings (SSSR count). The van der Waals surface area contributed by atoms with Gasteiger partial charge in [0.05, 0.1) is 0 Å². The first-order valence-electron chi connectivity index (χ1n) is 8.31. The van der Waals surface area contributed by atoms with Gasteiger partial charge in [-0.05, 0) is 22.8 Å². The van der Waals surface area contributed by atoms with Crippen LogP contribution in [0.25, 0.3) is 17.2 Å². The molecule has 0 spiro atoms. The number of benzene rings is 3. The van der Waals surface area contributed by atoms with Gasteiger partial charge < -0.3 is 4.74 Å². The van der Waals surface area contributed by atoms with Gasteiger partial charge in [-0.3, -0.25) is 4.79 Å². The molecule has 0 aliphatic heterocycles. The molecule has 0 aromatic heterocycles. The van der Waals surface area contributed by atoms with Gasteiger partial charge in [0.2, 0.25) is 0 Å². The predicted octanol–water partition coefficient (Wildman–Crippen LogP) is 4.79. The highest BCUT2D eigenvalue weighted by Crippen LogP contribution is 2.19. The number of ketones is 1. The number of carbonyl (C=O) groups is 2. The lowest BCUT2D eigenvalue weighted by atomic mass is 10.0. The third kappa shape index (κ3) is 4.77. The Hall–Kier alpha value is -3.46. The minimum absolute atomic E-state index is 0.230. The van der Waals surface area contributed by atoms with Crippen LogP contribution in [0.4, 0.5) is 0 Å². The van der Waals surface area contributed by atoms with Crippen molar-refractivity contribution in [1.82, 2.24) is 0 Å². The van der Waals surface area contributed by atoms with Crippen molar-refractivity contribution in [3.63, 3.8) is 0 Å². The van der Waals surface area contributed by atoms with Crippen LogP contribution < -0.4 is 0 Å². The molecule has 26 heavy (non-hydrogen) atoms. The van der Waals surface area contributed by atoms with Crippen LogP contribution in [0.15, 0.2) is 91.0 Å². The maximum Gasteiger partial charge on any atom is 0.331 e. The van der Waals surface area contributed by atoms with E-state index in [9.17, 15) is 9.59 Å². The van der Waals surface area contributed by atoms with Crippen molar-refractivity contribution in [1.29, 1.82) is 0 Å². The number of carbonyl (C=O) groups excluding carboxylic acids is 2. The molecule has 0 N–H and O–H groups in total. The van der Waals surface area contributed by atoms with Crippen LogP contribution in [0.1, 0.15) is 15.9 Å². The summed E-state index contributed by atoms with van der Waals surface area (Å²) in [5.41, 5.74) is 3.53. The standard InChI is InChI=1S/C23H18O3/c24-22(17-26-23(25)16-11-18-7-3-1-4-8-18)21-14-12-20(13-15-21)19-9-5-2-6-10-19/h1-16H,17H2. The Bertz CT molecular complexity index is 895. The fourth-order valence-corrected chi connectivity index (χ4v) is 2.48. The van der Waals surface area contributed by atoms with E-state index >= 15 is 0 Å². The molecule has 0 atom stereocenters. The van der Waals surface area contributed by atoms with E-state index in [4.69, 9.17) is 4.74 Å². The van der Waals surface area contributed by atoms with E-state index in [0.717, 1.165) is 16.7 Å². The van der Waals surface area contributed by atoms with Crippen LogP contribution in [0.2, 0.25) is 0 Å². The number of rotatable bonds is 6. The van der Waals surface area contributed by atoms with Crippen LogP contribution in [0, 0.1) is 0 Å². The summed E-state index contributed by atoms with van der Waals surface area (Å²) in [5.74, 6) is -0.769. The SMILES string of the molecule is O=C(C=Cc1ccccc1)OCC(=O)c1ccc(-c2ccccc2)cc1. The zero-order valence-electron chi connectivity index (χ0n) is 14.2. The fraction of sp³-hybridized carbons (Fsp3) is 0.0435. The summed E-state index contributed by atoms with van der Waals surface area (Å²) in [5, 5.41) is 0. The molecule has 3 aromatic carbocycles. The van der Waals surface area contributed by atoms with Crippen molar-refractivity contribution in [3.8, 4) is 11.1 Å². The van der Waals surface area contributed by atoms with Gasteiger partial charge >= 0.3 is 5.97 Å². The van der Waals surface area contributed by atoms with Crippen molar-refractivity contribution in [2.45, 2.75) is 0 Å². The quantitative estimate of drug-likeness (QED) is 0.367. The first kappa shape index (κ1) is 17.4. The highest BCUT2D eigenvalue weighted by atomic mass is 16.5. The third-order valence-corrected chi connectivity index (χ3v) is 3.87. The molecule has 0 radical (unpaired) electrons. The Morgan fingerprint density at radius 3 is 1.96 bits per heavy atom. The summed E-state index contributed by atoms with van der Waals surface area (Å²) in [6.45, 7) is -0.275. The molecule has 3 aromatic rings. The van der Waals surface area contributed by atoms with Gasteiger partial charge in [0.15, 0.2) is 12.4 Å². The number of Topliss-reactive ketones (excluding diaryl/α,β-unsaturated/α-hetero) is 1. The molecule has 128 valence electrons. The first-order valence-corrected chi connectivity index (χ1v) is 8.31. The Kier molecular flexibility index (Phi) is 5.73. The van der Waals surface area contributed by atoms with E-state index < -0.39 is 5.97 Å². The van der Waals surface area contributed by atoms with E-state index in [-0.39, 0.29) is 12.4 Å². The molecule has 0 saturated heterocycles. The van der Waals surface area contributed by atoms with E-state index in [2.05, 4.69) is 0 Å². The number of hydrogen-bond donors (Lipinski definition) is 0. The highest BCUT2D eigenvalue weighted by molar-refractivity contribution is 5.99. The monoisotopic (exact) mass is 342 g/mol. The molecule has 0 aliphatic carbocycles. The Labute approximate surface area is 152 Å². The second-order valence-electron chi connectivity index (χ2n) is 5.72. The third-order valence-electron chi connectivity index (χ3n) is 3.87.